The molecule has 1 unspecified atom stereocenters. The summed E-state index contributed by atoms with van der Waals surface area (Å²) >= 11 is 0. The van der Waals surface area contributed by atoms with Crippen molar-refractivity contribution < 1.29 is 4.92 Å². The first-order valence-electron chi connectivity index (χ1n) is 9.61. The molecule has 0 aromatic heterocycles. The number of benzene rings is 1. The van der Waals surface area contributed by atoms with Crippen molar-refractivity contribution in [3.63, 3.8) is 0 Å². The number of rotatable bonds is 12. The molecule has 7 nitrogen and oxygen atoms in total. The van der Waals surface area contributed by atoms with Crippen molar-refractivity contribution in [2.45, 2.75) is 46.2 Å². The Hall–Kier alpha value is -1.68. The van der Waals surface area contributed by atoms with E-state index >= 15 is 0 Å². The maximum Gasteiger partial charge on any atom is 0.269 e. The monoisotopic (exact) mass is 503 g/mol. The van der Waals surface area contributed by atoms with E-state index < -0.39 is 4.92 Å². The summed E-state index contributed by atoms with van der Waals surface area (Å²) in [6.07, 6.45) is 3.98. The van der Waals surface area contributed by atoms with Gasteiger partial charge in [-0.2, -0.15) is 0 Å². The number of nitro groups is 1. The molecule has 1 aromatic rings. The molecule has 0 saturated carbocycles. The van der Waals surface area contributed by atoms with Gasteiger partial charge in [-0.25, -0.2) is 4.99 Å². The van der Waals surface area contributed by atoms with E-state index in [9.17, 15) is 10.1 Å². The van der Waals surface area contributed by atoms with Crippen molar-refractivity contribution in [2.24, 2.45) is 4.99 Å². The number of nitro benzene ring substituents is 1. The highest BCUT2D eigenvalue weighted by atomic mass is 127. The van der Waals surface area contributed by atoms with Crippen molar-refractivity contribution in [1.82, 2.24) is 15.5 Å². The van der Waals surface area contributed by atoms with Crippen LogP contribution in [0, 0.1) is 10.1 Å². The predicted octanol–water partition coefficient (Wildman–Crippen LogP) is 3.94. The lowest BCUT2D eigenvalue weighted by Crippen LogP contribution is -2.42. The maximum atomic E-state index is 10.7. The van der Waals surface area contributed by atoms with Crippen LogP contribution in [-0.2, 0) is 6.54 Å². The fourth-order valence-corrected chi connectivity index (χ4v) is 2.68. The third-order valence-electron chi connectivity index (χ3n) is 4.37. The van der Waals surface area contributed by atoms with E-state index in [1.54, 1.807) is 18.2 Å². The first kappa shape index (κ1) is 26.3. The van der Waals surface area contributed by atoms with Crippen LogP contribution >= 0.6 is 24.0 Å². The van der Waals surface area contributed by atoms with Crippen LogP contribution in [0.15, 0.2) is 41.9 Å². The Labute approximate surface area is 185 Å². The van der Waals surface area contributed by atoms with E-state index in [4.69, 9.17) is 0 Å². The summed E-state index contributed by atoms with van der Waals surface area (Å²) in [4.78, 5) is 17.3. The second-order valence-corrected chi connectivity index (χ2v) is 6.47. The first-order valence-corrected chi connectivity index (χ1v) is 9.61. The number of hydrogen-bond acceptors (Lipinski definition) is 4. The number of non-ortho nitro benzene ring substituents is 1. The number of hydrogen-bond donors (Lipinski definition) is 2. The number of nitrogens with one attached hydrogen (secondary N) is 2. The first-order chi connectivity index (χ1) is 13.0. The molecule has 0 heterocycles. The van der Waals surface area contributed by atoms with Gasteiger partial charge in [-0.15, -0.1) is 30.6 Å². The van der Waals surface area contributed by atoms with Crippen molar-refractivity contribution in [3.05, 3.63) is 52.6 Å². The normalized spacial score (nSPS) is 12.2. The van der Waals surface area contributed by atoms with Crippen LogP contribution in [0.2, 0.25) is 0 Å². The van der Waals surface area contributed by atoms with Crippen molar-refractivity contribution >= 4 is 35.6 Å². The number of halogens is 1. The summed E-state index contributed by atoms with van der Waals surface area (Å²) in [6.45, 7) is 14.6. The number of nitrogens with zero attached hydrogens (tertiary/aromatic N) is 3. The highest BCUT2D eigenvalue weighted by Crippen LogP contribution is 2.12. The SMILES string of the molecule is C=CCNC(=NCc1ccc([N+](=O)[O-])cc1)NC(C)CCCN(CC)CC.I. The van der Waals surface area contributed by atoms with Crippen LogP contribution in [0.1, 0.15) is 39.2 Å². The van der Waals surface area contributed by atoms with E-state index in [-0.39, 0.29) is 29.7 Å². The molecule has 0 amide bonds. The Kier molecular flexibility index (Phi) is 14.4. The Morgan fingerprint density at radius 1 is 1.32 bits per heavy atom. The van der Waals surface area contributed by atoms with Crippen LogP contribution < -0.4 is 10.6 Å². The summed E-state index contributed by atoms with van der Waals surface area (Å²) in [6, 6.07) is 6.78. The van der Waals surface area contributed by atoms with Gasteiger partial charge < -0.3 is 15.5 Å². The van der Waals surface area contributed by atoms with Crippen LogP contribution in [0.25, 0.3) is 0 Å². The largest absolute Gasteiger partial charge is 0.354 e. The Balaban J connectivity index is 0.00000729. The van der Waals surface area contributed by atoms with Gasteiger partial charge in [-0.3, -0.25) is 10.1 Å². The third kappa shape index (κ3) is 10.6. The van der Waals surface area contributed by atoms with Crippen molar-refractivity contribution in [2.75, 3.05) is 26.2 Å². The third-order valence-corrected chi connectivity index (χ3v) is 4.37. The highest BCUT2D eigenvalue weighted by Gasteiger charge is 2.07. The lowest BCUT2D eigenvalue weighted by molar-refractivity contribution is -0.384. The molecular formula is C20H34IN5O2. The van der Waals surface area contributed by atoms with Crippen molar-refractivity contribution in [3.8, 4) is 0 Å². The minimum atomic E-state index is -0.397. The van der Waals surface area contributed by atoms with Gasteiger partial charge in [0, 0.05) is 24.7 Å². The van der Waals surface area contributed by atoms with Crippen molar-refractivity contribution in [1.29, 1.82) is 0 Å². The molecule has 0 radical (unpaired) electrons. The minimum Gasteiger partial charge on any atom is -0.354 e. The lowest BCUT2D eigenvalue weighted by atomic mass is 10.2. The molecule has 0 aliphatic rings. The smallest absolute Gasteiger partial charge is 0.269 e. The second-order valence-electron chi connectivity index (χ2n) is 6.47. The Bertz CT molecular complexity index is 603. The van der Waals surface area contributed by atoms with E-state index in [1.807, 2.05) is 0 Å². The van der Waals surface area contributed by atoms with Gasteiger partial charge in [0.2, 0.25) is 0 Å². The zero-order valence-electron chi connectivity index (χ0n) is 17.2. The van der Waals surface area contributed by atoms with Gasteiger partial charge in [0.05, 0.1) is 11.5 Å². The average Bonchev–Trinajstić information content (AvgIpc) is 2.67. The van der Waals surface area contributed by atoms with E-state index in [1.165, 1.54) is 12.1 Å². The van der Waals surface area contributed by atoms with Gasteiger partial charge in [0.25, 0.3) is 5.69 Å². The quantitative estimate of drug-likeness (QED) is 0.113. The molecular weight excluding hydrogens is 469 g/mol. The number of guanidine groups is 1. The highest BCUT2D eigenvalue weighted by molar-refractivity contribution is 14.0. The summed E-state index contributed by atoms with van der Waals surface area (Å²) in [5.41, 5.74) is 1.02. The van der Waals surface area contributed by atoms with Gasteiger partial charge in [-0.05, 0) is 45.0 Å². The predicted molar refractivity (Wildman–Crippen MR) is 127 cm³/mol. The van der Waals surface area contributed by atoms with Gasteiger partial charge >= 0.3 is 0 Å². The minimum absolute atomic E-state index is 0. The molecule has 1 atom stereocenters. The zero-order valence-corrected chi connectivity index (χ0v) is 19.5. The summed E-state index contributed by atoms with van der Waals surface area (Å²) in [5.74, 6) is 0.726. The molecule has 1 rings (SSSR count). The molecule has 8 heteroatoms. The van der Waals surface area contributed by atoms with Gasteiger partial charge in [0.1, 0.15) is 0 Å². The Morgan fingerprint density at radius 3 is 2.50 bits per heavy atom. The number of aliphatic imine (C=N–C) groups is 1. The van der Waals surface area contributed by atoms with E-state index in [2.05, 4.69) is 47.9 Å². The fraction of sp³-hybridized carbons (Fsp3) is 0.550. The van der Waals surface area contributed by atoms with Gasteiger partial charge in [0.15, 0.2) is 5.96 Å². The molecule has 158 valence electrons. The topological polar surface area (TPSA) is 82.8 Å². The summed E-state index contributed by atoms with van der Waals surface area (Å²) in [5, 5.41) is 17.4. The van der Waals surface area contributed by atoms with Crippen LogP contribution in [0.5, 0.6) is 0 Å². The summed E-state index contributed by atoms with van der Waals surface area (Å²) < 4.78 is 0. The molecule has 28 heavy (non-hydrogen) atoms. The van der Waals surface area contributed by atoms with E-state index in [0.29, 0.717) is 19.1 Å². The lowest BCUT2D eigenvalue weighted by Gasteiger charge is -2.21. The fourth-order valence-electron chi connectivity index (χ4n) is 2.68. The Morgan fingerprint density at radius 2 is 1.96 bits per heavy atom. The second kappa shape index (κ2) is 15.3. The summed E-state index contributed by atoms with van der Waals surface area (Å²) in [7, 11) is 0. The molecule has 0 bridgehead atoms. The van der Waals surface area contributed by atoms with Gasteiger partial charge in [-0.1, -0.05) is 32.1 Å². The average molecular weight is 503 g/mol. The van der Waals surface area contributed by atoms with Crippen LogP contribution in [0.3, 0.4) is 0 Å². The molecule has 0 aliphatic carbocycles. The molecule has 2 N–H and O–H groups in total. The van der Waals surface area contributed by atoms with Crippen LogP contribution in [0.4, 0.5) is 5.69 Å². The molecule has 0 spiro atoms. The van der Waals surface area contributed by atoms with Crippen LogP contribution in [-0.4, -0.2) is 48.0 Å². The molecule has 0 fully saturated rings. The molecule has 0 saturated heterocycles. The maximum absolute atomic E-state index is 10.7. The van der Waals surface area contributed by atoms with E-state index in [0.717, 1.165) is 44.0 Å². The zero-order chi connectivity index (χ0) is 20.1. The molecule has 1 aromatic carbocycles. The molecule has 0 aliphatic heterocycles. The standard InChI is InChI=1S/C20H33N5O2.HI/c1-5-14-21-20(23-17(4)9-8-15-24(6-2)7-3)22-16-18-10-12-19(13-11-18)25(26)27;/h5,10-13,17H,1,6-9,14-16H2,2-4H3,(H2,21,22,23);1H.